The summed E-state index contributed by atoms with van der Waals surface area (Å²) in [5, 5.41) is 0. The molecule has 0 aromatic heterocycles. The van der Waals surface area contributed by atoms with E-state index in [4.69, 9.17) is 0 Å². The topological polar surface area (TPSA) is 46.2 Å². The van der Waals surface area contributed by atoms with Crippen molar-refractivity contribution in [3.8, 4) is 0 Å². The maximum absolute atomic E-state index is 14.1. The van der Waals surface area contributed by atoms with Gasteiger partial charge in [0, 0.05) is 5.56 Å². The summed E-state index contributed by atoms with van der Waals surface area (Å²) >= 11 is 0. The van der Waals surface area contributed by atoms with Crippen LogP contribution in [0.2, 0.25) is 0 Å². The maximum Gasteiger partial charge on any atom is 0.327 e. The van der Waals surface area contributed by atoms with Gasteiger partial charge in [0.25, 0.3) is 0 Å². The van der Waals surface area contributed by atoms with Gasteiger partial charge >= 0.3 is 5.92 Å². The summed E-state index contributed by atoms with van der Waals surface area (Å²) < 4.78 is 82.0. The van der Waals surface area contributed by atoms with Crippen molar-refractivity contribution in [1.29, 1.82) is 0 Å². The lowest BCUT2D eigenvalue weighted by Gasteiger charge is -2.38. The van der Waals surface area contributed by atoms with Gasteiger partial charge in [-0.15, -0.1) is 0 Å². The Morgan fingerprint density at radius 2 is 1.78 bits per heavy atom. The molecule has 0 bridgehead atoms. The number of aldehydes is 1. The van der Waals surface area contributed by atoms with E-state index in [0.29, 0.717) is 12.1 Å². The SMILES string of the molecule is CC(C)(C)S(=O)NC(CF)(c1cccc(F)c1F)C(F)(F)C=O. The normalized spacial score (nSPS) is 16.7. The number of rotatable bonds is 6. The Bertz CT molecular complexity index is 618. The number of carbonyl (C=O) groups excluding carboxylic acids is 1. The lowest BCUT2D eigenvalue weighted by atomic mass is 9.85. The van der Waals surface area contributed by atoms with E-state index in [1.165, 1.54) is 20.8 Å². The Hall–Kier alpha value is -1.35. The molecule has 0 aliphatic heterocycles. The van der Waals surface area contributed by atoms with E-state index >= 15 is 0 Å². The van der Waals surface area contributed by atoms with Crippen LogP contribution in [0.5, 0.6) is 0 Å². The summed E-state index contributed by atoms with van der Waals surface area (Å²) in [7, 11) is -2.29. The molecule has 1 aromatic rings. The van der Waals surface area contributed by atoms with Crippen molar-refractivity contribution < 1.29 is 31.0 Å². The highest BCUT2D eigenvalue weighted by Gasteiger charge is 2.58. The molecule has 1 aromatic carbocycles. The van der Waals surface area contributed by atoms with Crippen LogP contribution < -0.4 is 4.72 Å². The van der Waals surface area contributed by atoms with Crippen molar-refractivity contribution in [1.82, 2.24) is 4.72 Å². The van der Waals surface area contributed by atoms with Crippen molar-refractivity contribution in [2.45, 2.75) is 37.0 Å². The molecule has 0 heterocycles. The third-order valence-corrected chi connectivity index (χ3v) is 4.80. The van der Waals surface area contributed by atoms with E-state index in [9.17, 15) is 31.0 Å². The van der Waals surface area contributed by atoms with E-state index < -0.39 is 57.4 Å². The van der Waals surface area contributed by atoms with E-state index in [1.807, 2.05) is 0 Å². The molecular weight excluding hydrogens is 341 g/mol. The Balaban J connectivity index is 3.63. The number of benzene rings is 1. The largest absolute Gasteiger partial charge is 0.327 e. The number of alkyl halides is 3. The molecule has 0 spiro atoms. The molecule has 0 aliphatic rings. The molecule has 1 rings (SSSR count). The number of nitrogens with one attached hydrogen (secondary N) is 1. The van der Waals surface area contributed by atoms with E-state index in [-0.39, 0.29) is 0 Å². The Labute approximate surface area is 132 Å². The van der Waals surface area contributed by atoms with Crippen molar-refractivity contribution >= 4 is 17.3 Å². The zero-order valence-corrected chi connectivity index (χ0v) is 13.4. The van der Waals surface area contributed by atoms with Crippen molar-refractivity contribution in [3.05, 3.63) is 35.4 Å². The minimum atomic E-state index is -4.47. The van der Waals surface area contributed by atoms with Crippen LogP contribution in [0.25, 0.3) is 0 Å². The molecule has 130 valence electrons. The average molecular weight is 357 g/mol. The predicted octanol–water partition coefficient (Wildman–Crippen LogP) is 3.02. The molecule has 0 saturated heterocycles. The number of hydrogen-bond donors (Lipinski definition) is 1. The van der Waals surface area contributed by atoms with Gasteiger partial charge in [0.2, 0.25) is 0 Å². The highest BCUT2D eigenvalue weighted by atomic mass is 32.2. The highest BCUT2D eigenvalue weighted by molar-refractivity contribution is 7.84. The summed E-state index contributed by atoms with van der Waals surface area (Å²) in [6.07, 6.45) is -0.885. The predicted molar refractivity (Wildman–Crippen MR) is 76.1 cm³/mol. The summed E-state index contributed by atoms with van der Waals surface area (Å²) in [6.45, 7) is 2.22. The van der Waals surface area contributed by atoms with Gasteiger partial charge in [0.05, 0.1) is 15.7 Å². The van der Waals surface area contributed by atoms with E-state index in [1.54, 1.807) is 4.72 Å². The Morgan fingerprint density at radius 3 is 2.22 bits per heavy atom. The summed E-state index contributed by atoms with van der Waals surface area (Å²) in [6, 6.07) is 2.25. The Morgan fingerprint density at radius 1 is 1.22 bits per heavy atom. The van der Waals surface area contributed by atoms with Gasteiger partial charge in [-0.2, -0.15) is 8.78 Å². The number of hydrogen-bond acceptors (Lipinski definition) is 2. The second kappa shape index (κ2) is 6.64. The van der Waals surface area contributed by atoms with Crippen LogP contribution in [-0.2, 0) is 21.3 Å². The first-order valence-corrected chi connectivity index (χ1v) is 7.62. The van der Waals surface area contributed by atoms with Crippen LogP contribution in [0.4, 0.5) is 22.0 Å². The lowest BCUT2D eigenvalue weighted by Crippen LogP contribution is -2.61. The standard InChI is InChI=1S/C14H16F5NO2S/c1-12(2,3)23(22)20-13(7-15,14(18,19)8-21)9-5-4-6-10(16)11(9)17/h4-6,8,20H,7H2,1-3H3. The molecule has 0 radical (unpaired) electrons. The van der Waals surface area contributed by atoms with Crippen LogP contribution in [0.1, 0.15) is 26.3 Å². The Kier molecular flexibility index (Phi) is 5.69. The molecule has 2 atom stereocenters. The maximum atomic E-state index is 14.1. The van der Waals surface area contributed by atoms with E-state index in [0.717, 1.165) is 6.07 Å². The molecule has 0 fully saturated rings. The fourth-order valence-electron chi connectivity index (χ4n) is 1.74. The molecule has 0 saturated carbocycles. The molecular formula is C14H16F5NO2S. The van der Waals surface area contributed by atoms with Crippen LogP contribution in [0.3, 0.4) is 0 Å². The molecule has 1 N–H and O–H groups in total. The highest BCUT2D eigenvalue weighted by Crippen LogP contribution is 2.39. The smallest absolute Gasteiger partial charge is 0.297 e. The van der Waals surface area contributed by atoms with Crippen LogP contribution in [-0.4, -0.2) is 27.8 Å². The first-order chi connectivity index (χ1) is 10.4. The quantitative estimate of drug-likeness (QED) is 0.628. The van der Waals surface area contributed by atoms with Crippen molar-refractivity contribution in [2.75, 3.05) is 6.67 Å². The van der Waals surface area contributed by atoms with E-state index in [2.05, 4.69) is 0 Å². The molecule has 23 heavy (non-hydrogen) atoms. The second-order valence-corrected chi connectivity index (χ2v) is 7.83. The third-order valence-electron chi connectivity index (χ3n) is 3.15. The second-order valence-electron chi connectivity index (χ2n) is 5.86. The zero-order chi connectivity index (χ0) is 18.1. The van der Waals surface area contributed by atoms with Gasteiger partial charge in [0.1, 0.15) is 6.67 Å². The molecule has 3 nitrogen and oxygen atoms in total. The third kappa shape index (κ3) is 3.60. The van der Waals surface area contributed by atoms with Gasteiger partial charge in [-0.05, 0) is 26.8 Å². The van der Waals surface area contributed by atoms with Gasteiger partial charge in [0.15, 0.2) is 23.5 Å². The van der Waals surface area contributed by atoms with Gasteiger partial charge in [-0.1, -0.05) is 12.1 Å². The minimum absolute atomic E-state index is 0.654. The van der Waals surface area contributed by atoms with Crippen molar-refractivity contribution in [2.24, 2.45) is 0 Å². The average Bonchev–Trinajstić information content (AvgIpc) is 2.46. The fraction of sp³-hybridized carbons (Fsp3) is 0.500. The zero-order valence-electron chi connectivity index (χ0n) is 12.6. The first-order valence-electron chi connectivity index (χ1n) is 6.47. The number of halogens is 5. The molecule has 0 amide bonds. The molecule has 0 aliphatic carbocycles. The lowest BCUT2D eigenvalue weighted by molar-refractivity contribution is -0.144. The molecule has 2 unspecified atom stereocenters. The fourth-order valence-corrected chi connectivity index (χ4v) is 2.66. The number of carbonyl (C=O) groups is 1. The summed E-state index contributed by atoms with van der Waals surface area (Å²) in [5.41, 5.74) is -4.41. The van der Waals surface area contributed by atoms with Crippen LogP contribution >= 0.6 is 0 Å². The first kappa shape index (κ1) is 19.7. The van der Waals surface area contributed by atoms with Crippen LogP contribution in [0.15, 0.2) is 18.2 Å². The minimum Gasteiger partial charge on any atom is -0.297 e. The van der Waals surface area contributed by atoms with Crippen LogP contribution in [0, 0.1) is 11.6 Å². The summed E-state index contributed by atoms with van der Waals surface area (Å²) in [4.78, 5) is 10.8. The monoisotopic (exact) mass is 357 g/mol. The van der Waals surface area contributed by atoms with Gasteiger partial charge in [-0.3, -0.25) is 4.79 Å². The molecule has 9 heteroatoms. The van der Waals surface area contributed by atoms with Gasteiger partial charge < -0.3 is 0 Å². The van der Waals surface area contributed by atoms with Crippen molar-refractivity contribution in [3.63, 3.8) is 0 Å². The summed E-state index contributed by atoms with van der Waals surface area (Å²) in [5.74, 6) is -7.72. The van der Waals surface area contributed by atoms with Gasteiger partial charge in [-0.25, -0.2) is 22.1 Å².